The molecule has 0 unspecified atom stereocenters. The van der Waals surface area contributed by atoms with Gasteiger partial charge in [-0.25, -0.2) is 9.78 Å². The van der Waals surface area contributed by atoms with Crippen molar-refractivity contribution in [2.45, 2.75) is 25.4 Å². The average Bonchev–Trinajstić information content (AvgIpc) is 2.62. The van der Waals surface area contributed by atoms with Gasteiger partial charge in [0.25, 0.3) is 0 Å². The molecule has 1 saturated heterocycles. The van der Waals surface area contributed by atoms with Crippen LogP contribution >= 0.6 is 0 Å². The fourth-order valence-electron chi connectivity index (χ4n) is 2.88. The Labute approximate surface area is 136 Å². The Bertz CT molecular complexity index is 611. The summed E-state index contributed by atoms with van der Waals surface area (Å²) >= 11 is 0. The van der Waals surface area contributed by atoms with E-state index in [0.29, 0.717) is 12.4 Å². The van der Waals surface area contributed by atoms with Gasteiger partial charge in [0.05, 0.1) is 0 Å². The van der Waals surface area contributed by atoms with Gasteiger partial charge in [0.2, 0.25) is 0 Å². The van der Waals surface area contributed by atoms with E-state index in [-0.39, 0.29) is 12.1 Å². The van der Waals surface area contributed by atoms with E-state index in [1.165, 1.54) is 0 Å². The van der Waals surface area contributed by atoms with Gasteiger partial charge in [-0.1, -0.05) is 36.4 Å². The molecule has 1 aromatic carbocycles. The molecule has 2 N–H and O–H groups in total. The highest BCUT2D eigenvalue weighted by Gasteiger charge is 2.25. The molecule has 120 valence electrons. The van der Waals surface area contributed by atoms with Crippen LogP contribution in [0.25, 0.3) is 0 Å². The van der Waals surface area contributed by atoms with E-state index in [4.69, 9.17) is 0 Å². The second-order valence-electron chi connectivity index (χ2n) is 5.74. The largest absolute Gasteiger partial charge is 0.323 e. The number of carbonyl (C=O) groups excluding carboxylic acids is 1. The van der Waals surface area contributed by atoms with Crippen LogP contribution in [0.2, 0.25) is 0 Å². The standard InChI is InChI=1S/C18H22N4O/c23-18(21-17-8-4-5-11-20-17)22(16-9-12-19-13-10-16)14-15-6-2-1-3-7-15/h1-8,11,16,19H,9-10,12-14H2,(H,20,21,23). The smallest absolute Gasteiger partial charge is 0.317 e. The zero-order valence-electron chi connectivity index (χ0n) is 13.1. The van der Waals surface area contributed by atoms with Gasteiger partial charge < -0.3 is 10.2 Å². The molecule has 5 nitrogen and oxygen atoms in total. The van der Waals surface area contributed by atoms with E-state index >= 15 is 0 Å². The third kappa shape index (κ3) is 4.29. The summed E-state index contributed by atoms with van der Waals surface area (Å²) in [6.07, 6.45) is 3.63. The van der Waals surface area contributed by atoms with E-state index in [2.05, 4.69) is 27.8 Å². The topological polar surface area (TPSA) is 57.3 Å². The van der Waals surface area contributed by atoms with Crippen LogP contribution in [0.5, 0.6) is 0 Å². The number of pyridine rings is 1. The van der Waals surface area contributed by atoms with Gasteiger partial charge in [0.15, 0.2) is 0 Å². The maximum atomic E-state index is 12.8. The minimum absolute atomic E-state index is 0.0838. The van der Waals surface area contributed by atoms with Crippen molar-refractivity contribution in [1.29, 1.82) is 0 Å². The first-order valence-electron chi connectivity index (χ1n) is 8.06. The Morgan fingerprint density at radius 1 is 1.13 bits per heavy atom. The molecule has 0 spiro atoms. The van der Waals surface area contributed by atoms with Crippen molar-refractivity contribution < 1.29 is 4.79 Å². The summed E-state index contributed by atoms with van der Waals surface area (Å²) in [7, 11) is 0. The maximum absolute atomic E-state index is 12.8. The van der Waals surface area contributed by atoms with Crippen LogP contribution in [0, 0.1) is 0 Å². The molecule has 0 bridgehead atoms. The van der Waals surface area contributed by atoms with Crippen LogP contribution in [0.3, 0.4) is 0 Å². The van der Waals surface area contributed by atoms with Crippen LogP contribution in [-0.2, 0) is 6.54 Å². The fourth-order valence-corrected chi connectivity index (χ4v) is 2.88. The summed E-state index contributed by atoms with van der Waals surface area (Å²) in [5.74, 6) is 0.587. The number of nitrogens with zero attached hydrogens (tertiary/aromatic N) is 2. The van der Waals surface area contributed by atoms with Gasteiger partial charge in [-0.15, -0.1) is 0 Å². The number of piperidine rings is 1. The molecular weight excluding hydrogens is 288 g/mol. The number of hydrogen-bond acceptors (Lipinski definition) is 3. The lowest BCUT2D eigenvalue weighted by molar-refractivity contribution is 0.166. The summed E-state index contributed by atoms with van der Waals surface area (Å²) in [6.45, 7) is 2.52. The second kappa shape index (κ2) is 7.74. The molecule has 0 saturated carbocycles. The maximum Gasteiger partial charge on any atom is 0.323 e. The first-order valence-corrected chi connectivity index (χ1v) is 8.06. The highest BCUT2D eigenvalue weighted by atomic mass is 16.2. The minimum Gasteiger partial charge on any atom is -0.317 e. The molecule has 1 aromatic heterocycles. The molecule has 0 atom stereocenters. The van der Waals surface area contributed by atoms with Crippen LogP contribution in [0.4, 0.5) is 10.6 Å². The van der Waals surface area contributed by atoms with Crippen molar-refractivity contribution in [3.63, 3.8) is 0 Å². The summed E-state index contributed by atoms with van der Waals surface area (Å²) in [6, 6.07) is 15.8. The van der Waals surface area contributed by atoms with Gasteiger partial charge in [0, 0.05) is 18.8 Å². The zero-order valence-corrected chi connectivity index (χ0v) is 13.1. The number of benzene rings is 1. The number of hydrogen-bond donors (Lipinski definition) is 2. The van der Waals surface area contributed by atoms with E-state index in [9.17, 15) is 4.79 Å². The third-order valence-electron chi connectivity index (χ3n) is 4.11. The van der Waals surface area contributed by atoms with E-state index in [1.807, 2.05) is 35.2 Å². The average molecular weight is 310 g/mol. The van der Waals surface area contributed by atoms with E-state index < -0.39 is 0 Å². The van der Waals surface area contributed by atoms with Gasteiger partial charge >= 0.3 is 6.03 Å². The monoisotopic (exact) mass is 310 g/mol. The zero-order chi connectivity index (χ0) is 15.9. The van der Waals surface area contributed by atoms with Crippen LogP contribution in [0.1, 0.15) is 18.4 Å². The van der Waals surface area contributed by atoms with Crippen molar-refractivity contribution in [3.8, 4) is 0 Å². The van der Waals surface area contributed by atoms with Crippen LogP contribution in [-0.4, -0.2) is 35.0 Å². The molecule has 3 rings (SSSR count). The Balaban J connectivity index is 1.74. The van der Waals surface area contributed by atoms with Crippen molar-refractivity contribution in [1.82, 2.24) is 15.2 Å². The van der Waals surface area contributed by atoms with Gasteiger partial charge in [0.1, 0.15) is 5.82 Å². The highest BCUT2D eigenvalue weighted by molar-refractivity contribution is 5.88. The Hall–Kier alpha value is -2.40. The minimum atomic E-state index is -0.0838. The van der Waals surface area contributed by atoms with Gasteiger partial charge in [-0.3, -0.25) is 5.32 Å². The highest BCUT2D eigenvalue weighted by Crippen LogP contribution is 2.17. The molecule has 5 heteroatoms. The van der Waals surface area contributed by atoms with Crippen molar-refractivity contribution in [3.05, 3.63) is 60.3 Å². The molecule has 2 amide bonds. The number of anilines is 1. The van der Waals surface area contributed by atoms with Crippen molar-refractivity contribution in [2.75, 3.05) is 18.4 Å². The molecule has 1 aliphatic heterocycles. The van der Waals surface area contributed by atoms with Gasteiger partial charge in [-0.05, 0) is 43.6 Å². The first-order chi connectivity index (χ1) is 11.3. The van der Waals surface area contributed by atoms with E-state index in [1.54, 1.807) is 12.3 Å². The molecular formula is C18H22N4O. The Kier molecular flexibility index (Phi) is 5.21. The summed E-state index contributed by atoms with van der Waals surface area (Å²) in [4.78, 5) is 18.9. The number of rotatable bonds is 4. The number of nitrogens with one attached hydrogen (secondary N) is 2. The normalized spacial score (nSPS) is 15.1. The number of carbonyl (C=O) groups is 1. The first kappa shape index (κ1) is 15.5. The van der Waals surface area contributed by atoms with E-state index in [0.717, 1.165) is 31.5 Å². The van der Waals surface area contributed by atoms with Gasteiger partial charge in [-0.2, -0.15) is 0 Å². The molecule has 0 radical (unpaired) electrons. The SMILES string of the molecule is O=C(Nc1ccccn1)N(Cc1ccccc1)C1CCNCC1. The van der Waals surface area contributed by atoms with Crippen molar-refractivity contribution in [2.24, 2.45) is 0 Å². The van der Waals surface area contributed by atoms with Crippen LogP contribution in [0.15, 0.2) is 54.7 Å². The lowest BCUT2D eigenvalue weighted by atomic mass is 10.0. The summed E-state index contributed by atoms with van der Waals surface area (Å²) in [5, 5.41) is 6.27. The summed E-state index contributed by atoms with van der Waals surface area (Å²) < 4.78 is 0. The predicted octanol–water partition coefficient (Wildman–Crippen LogP) is 2.87. The van der Waals surface area contributed by atoms with Crippen molar-refractivity contribution >= 4 is 11.8 Å². The number of urea groups is 1. The summed E-state index contributed by atoms with van der Waals surface area (Å²) in [5.41, 5.74) is 1.14. The lowest BCUT2D eigenvalue weighted by Crippen LogP contribution is -2.47. The molecule has 2 heterocycles. The predicted molar refractivity (Wildman–Crippen MR) is 91.1 cm³/mol. The number of amides is 2. The third-order valence-corrected chi connectivity index (χ3v) is 4.11. The number of aromatic nitrogens is 1. The Morgan fingerprint density at radius 3 is 2.57 bits per heavy atom. The second-order valence-corrected chi connectivity index (χ2v) is 5.74. The quantitative estimate of drug-likeness (QED) is 0.913. The molecule has 1 fully saturated rings. The molecule has 0 aliphatic carbocycles. The van der Waals surface area contributed by atoms with Crippen LogP contribution < -0.4 is 10.6 Å². The lowest BCUT2D eigenvalue weighted by Gasteiger charge is -2.34. The molecule has 1 aliphatic rings. The molecule has 23 heavy (non-hydrogen) atoms. The fraction of sp³-hybridized carbons (Fsp3) is 0.333. The molecule has 2 aromatic rings. The Morgan fingerprint density at radius 2 is 1.87 bits per heavy atom.